The lowest BCUT2D eigenvalue weighted by Gasteiger charge is -2.19. The number of methoxy groups -OCH3 is 1. The maximum atomic E-state index is 12.2. The van der Waals surface area contributed by atoms with Gasteiger partial charge in [0.25, 0.3) is 5.91 Å². The number of thiophene rings is 1. The van der Waals surface area contributed by atoms with Gasteiger partial charge < -0.3 is 15.4 Å². The van der Waals surface area contributed by atoms with Gasteiger partial charge in [0.1, 0.15) is 0 Å². The zero-order valence-corrected chi connectivity index (χ0v) is 15.9. The van der Waals surface area contributed by atoms with Crippen LogP contribution in [0.4, 0.5) is 0 Å². The van der Waals surface area contributed by atoms with Crippen LogP contribution in [0, 0.1) is 6.92 Å². The fourth-order valence-corrected chi connectivity index (χ4v) is 3.35. The van der Waals surface area contributed by atoms with E-state index in [0.29, 0.717) is 15.5 Å². The SMILES string of the molecule is COC(=O)CC(NC(=O)CNC(=O)c1ccc(C)s1)c1ccccc1Cl. The predicted molar refractivity (Wildman–Crippen MR) is 100 cm³/mol. The number of rotatable bonds is 7. The van der Waals surface area contributed by atoms with Gasteiger partial charge in [-0.25, -0.2) is 0 Å². The van der Waals surface area contributed by atoms with Crippen molar-refractivity contribution in [2.75, 3.05) is 13.7 Å². The molecule has 0 saturated carbocycles. The van der Waals surface area contributed by atoms with Crippen LogP contribution in [0.1, 0.15) is 32.6 Å². The predicted octanol–water partition coefficient (Wildman–Crippen LogP) is 2.86. The van der Waals surface area contributed by atoms with Crippen LogP contribution >= 0.6 is 22.9 Å². The third kappa shape index (κ3) is 5.57. The highest BCUT2D eigenvalue weighted by Gasteiger charge is 2.21. The Kier molecular flexibility index (Phi) is 7.17. The molecule has 1 atom stereocenters. The molecule has 0 spiro atoms. The largest absolute Gasteiger partial charge is 0.469 e. The number of amides is 2. The summed E-state index contributed by atoms with van der Waals surface area (Å²) in [6.07, 6.45) is -0.0654. The van der Waals surface area contributed by atoms with Gasteiger partial charge in [-0.2, -0.15) is 0 Å². The second-order valence-corrected chi connectivity index (χ2v) is 7.21. The van der Waals surface area contributed by atoms with E-state index in [9.17, 15) is 14.4 Å². The summed E-state index contributed by atoms with van der Waals surface area (Å²) in [5.74, 6) is -1.23. The first-order valence-corrected chi connectivity index (χ1v) is 9.05. The molecule has 138 valence electrons. The highest BCUT2D eigenvalue weighted by atomic mass is 35.5. The van der Waals surface area contributed by atoms with Gasteiger partial charge >= 0.3 is 5.97 Å². The smallest absolute Gasteiger partial charge is 0.307 e. The lowest BCUT2D eigenvalue weighted by atomic mass is 10.0. The highest BCUT2D eigenvalue weighted by Crippen LogP contribution is 2.25. The molecule has 1 aromatic heterocycles. The Morgan fingerprint density at radius 1 is 1.19 bits per heavy atom. The molecule has 8 heteroatoms. The zero-order chi connectivity index (χ0) is 19.1. The van der Waals surface area contributed by atoms with Crippen molar-refractivity contribution < 1.29 is 19.1 Å². The Bertz CT molecular complexity index is 806. The van der Waals surface area contributed by atoms with E-state index in [4.69, 9.17) is 11.6 Å². The molecule has 0 aliphatic heterocycles. The van der Waals surface area contributed by atoms with E-state index in [1.165, 1.54) is 18.4 Å². The van der Waals surface area contributed by atoms with Crippen LogP contribution in [0.25, 0.3) is 0 Å². The van der Waals surface area contributed by atoms with Gasteiger partial charge in [0, 0.05) is 9.90 Å². The number of aryl methyl sites for hydroxylation is 1. The second kappa shape index (κ2) is 9.35. The number of carbonyl (C=O) groups excluding carboxylic acids is 3. The standard InChI is InChI=1S/C18H19ClN2O4S/c1-11-7-8-15(26-11)18(24)20-10-16(22)21-14(9-17(23)25-2)12-5-3-4-6-13(12)19/h3-8,14H,9-10H2,1-2H3,(H,20,24)(H,21,22). The van der Waals surface area contributed by atoms with Gasteiger partial charge in [-0.05, 0) is 30.7 Å². The molecule has 2 aromatic rings. The van der Waals surface area contributed by atoms with Crippen molar-refractivity contribution in [3.05, 3.63) is 56.7 Å². The summed E-state index contributed by atoms with van der Waals surface area (Å²) >= 11 is 7.52. The third-order valence-corrected chi connectivity index (χ3v) is 4.93. The average molecular weight is 395 g/mol. The summed E-state index contributed by atoms with van der Waals surface area (Å²) in [7, 11) is 1.27. The molecule has 0 aliphatic carbocycles. The second-order valence-electron chi connectivity index (χ2n) is 5.51. The van der Waals surface area contributed by atoms with Crippen molar-refractivity contribution in [1.29, 1.82) is 0 Å². The molecule has 2 amide bonds. The van der Waals surface area contributed by atoms with Gasteiger partial charge in [-0.15, -0.1) is 11.3 Å². The molecular weight excluding hydrogens is 376 g/mol. The highest BCUT2D eigenvalue weighted by molar-refractivity contribution is 7.13. The van der Waals surface area contributed by atoms with Crippen LogP contribution in [0.3, 0.4) is 0 Å². The molecule has 0 fully saturated rings. The Balaban J connectivity index is 2.00. The van der Waals surface area contributed by atoms with Gasteiger partial charge in [0.15, 0.2) is 0 Å². The topological polar surface area (TPSA) is 84.5 Å². The molecule has 2 N–H and O–H groups in total. The van der Waals surface area contributed by atoms with Gasteiger partial charge in [-0.3, -0.25) is 14.4 Å². The maximum absolute atomic E-state index is 12.2. The number of hydrogen-bond acceptors (Lipinski definition) is 5. The summed E-state index contributed by atoms with van der Waals surface area (Å²) in [5.41, 5.74) is 0.605. The zero-order valence-electron chi connectivity index (χ0n) is 14.4. The van der Waals surface area contributed by atoms with Crippen molar-refractivity contribution >= 4 is 40.7 Å². The number of halogens is 1. The van der Waals surface area contributed by atoms with E-state index < -0.39 is 17.9 Å². The Morgan fingerprint density at radius 2 is 1.92 bits per heavy atom. The Morgan fingerprint density at radius 3 is 2.54 bits per heavy atom. The first-order chi connectivity index (χ1) is 12.4. The Labute approximate surface area is 160 Å². The minimum absolute atomic E-state index is 0.0654. The number of hydrogen-bond donors (Lipinski definition) is 2. The Hall–Kier alpha value is -2.38. The number of carbonyl (C=O) groups is 3. The summed E-state index contributed by atoms with van der Waals surface area (Å²) in [5, 5.41) is 5.71. The molecule has 1 aromatic carbocycles. The van der Waals surface area contributed by atoms with Crippen LogP contribution in [-0.4, -0.2) is 31.4 Å². The average Bonchev–Trinajstić information content (AvgIpc) is 3.06. The van der Waals surface area contributed by atoms with E-state index >= 15 is 0 Å². The van der Waals surface area contributed by atoms with Crippen LogP contribution < -0.4 is 10.6 Å². The number of nitrogens with one attached hydrogen (secondary N) is 2. The van der Waals surface area contributed by atoms with Gasteiger partial charge in [0.05, 0.1) is 31.0 Å². The summed E-state index contributed by atoms with van der Waals surface area (Å²) in [6, 6.07) is 9.81. The third-order valence-electron chi connectivity index (χ3n) is 3.59. The van der Waals surface area contributed by atoms with E-state index in [2.05, 4.69) is 15.4 Å². The fraction of sp³-hybridized carbons (Fsp3) is 0.278. The molecule has 1 heterocycles. The molecule has 0 saturated heterocycles. The lowest BCUT2D eigenvalue weighted by molar-refractivity contribution is -0.141. The molecular formula is C18H19ClN2O4S. The van der Waals surface area contributed by atoms with Gasteiger partial charge in [-0.1, -0.05) is 29.8 Å². The quantitative estimate of drug-likeness (QED) is 0.707. The van der Waals surface area contributed by atoms with Crippen molar-refractivity contribution in [3.8, 4) is 0 Å². The monoisotopic (exact) mass is 394 g/mol. The molecule has 0 bridgehead atoms. The summed E-state index contributed by atoms with van der Waals surface area (Å²) in [6.45, 7) is 1.69. The summed E-state index contributed by atoms with van der Waals surface area (Å²) in [4.78, 5) is 37.5. The maximum Gasteiger partial charge on any atom is 0.307 e. The molecule has 26 heavy (non-hydrogen) atoms. The minimum atomic E-state index is -0.649. The number of ether oxygens (including phenoxy) is 1. The number of esters is 1. The van der Waals surface area contributed by atoms with E-state index in [1.54, 1.807) is 30.3 Å². The lowest BCUT2D eigenvalue weighted by Crippen LogP contribution is -2.39. The fourth-order valence-electron chi connectivity index (χ4n) is 2.30. The van der Waals surface area contributed by atoms with Crippen molar-refractivity contribution in [2.24, 2.45) is 0 Å². The van der Waals surface area contributed by atoms with Crippen molar-refractivity contribution in [1.82, 2.24) is 10.6 Å². The molecule has 0 aliphatic rings. The van der Waals surface area contributed by atoms with Gasteiger partial charge in [0.2, 0.25) is 5.91 Å². The molecule has 2 rings (SSSR count). The number of benzene rings is 1. The molecule has 6 nitrogen and oxygen atoms in total. The normalized spacial score (nSPS) is 11.5. The van der Waals surface area contributed by atoms with Crippen molar-refractivity contribution in [3.63, 3.8) is 0 Å². The van der Waals surface area contributed by atoms with E-state index in [-0.39, 0.29) is 18.9 Å². The minimum Gasteiger partial charge on any atom is -0.469 e. The van der Waals surface area contributed by atoms with Crippen LogP contribution in [0.5, 0.6) is 0 Å². The van der Waals surface area contributed by atoms with E-state index in [0.717, 1.165) is 4.88 Å². The van der Waals surface area contributed by atoms with Crippen LogP contribution in [0.2, 0.25) is 5.02 Å². The van der Waals surface area contributed by atoms with Crippen molar-refractivity contribution in [2.45, 2.75) is 19.4 Å². The van der Waals surface area contributed by atoms with E-state index in [1.807, 2.05) is 13.0 Å². The summed E-state index contributed by atoms with van der Waals surface area (Å²) < 4.78 is 4.68. The molecule has 0 radical (unpaired) electrons. The van der Waals surface area contributed by atoms with Crippen LogP contribution in [0.15, 0.2) is 36.4 Å². The first kappa shape index (κ1) is 19.9. The molecule has 1 unspecified atom stereocenters. The van der Waals surface area contributed by atoms with Crippen LogP contribution in [-0.2, 0) is 14.3 Å². The first-order valence-electron chi connectivity index (χ1n) is 7.86.